The summed E-state index contributed by atoms with van der Waals surface area (Å²) < 4.78 is 47.0. The molecule has 1 fully saturated rings. The number of carbonyl (C=O) groups is 1. The van der Waals surface area contributed by atoms with Gasteiger partial charge in [0, 0.05) is 37.7 Å². The smallest absolute Gasteiger partial charge is 0.367 e. The van der Waals surface area contributed by atoms with Crippen LogP contribution >= 0.6 is 0 Å². The molecule has 0 unspecified atom stereocenters. The number of carbonyl (C=O) groups excluding carboxylic acids is 1. The number of fused-ring (bicyclic) bond motifs is 1. The summed E-state index contributed by atoms with van der Waals surface area (Å²) in [5.41, 5.74) is 0.842. The first-order valence-electron chi connectivity index (χ1n) is 9.90. The normalized spacial score (nSPS) is 23.0. The molecule has 1 N–H and O–H groups in total. The average molecular weight is 411 g/mol. The van der Waals surface area contributed by atoms with Gasteiger partial charge in [0.15, 0.2) is 11.7 Å². The van der Waals surface area contributed by atoms with Crippen LogP contribution in [0.5, 0.6) is 0 Å². The van der Waals surface area contributed by atoms with E-state index >= 15 is 0 Å². The van der Waals surface area contributed by atoms with Crippen molar-refractivity contribution in [2.75, 3.05) is 18.4 Å². The summed E-state index contributed by atoms with van der Waals surface area (Å²) >= 11 is 0. The lowest BCUT2D eigenvalue weighted by Gasteiger charge is -2.40. The Kier molecular flexibility index (Phi) is 5.04. The third-order valence-corrected chi connectivity index (χ3v) is 5.86. The number of alkyl halides is 3. The Morgan fingerprint density at radius 2 is 2.03 bits per heavy atom. The first-order valence-corrected chi connectivity index (χ1v) is 9.90. The quantitative estimate of drug-likeness (QED) is 0.836. The molecule has 0 bridgehead atoms. The minimum Gasteiger partial charge on any atom is -0.367 e. The fourth-order valence-corrected chi connectivity index (χ4v) is 4.28. The first kappa shape index (κ1) is 19.8. The van der Waals surface area contributed by atoms with E-state index in [1.807, 2.05) is 6.92 Å². The molecule has 4 heterocycles. The number of nitrogens with one attached hydrogen (secondary N) is 1. The summed E-state index contributed by atoms with van der Waals surface area (Å²) in [6.07, 6.45) is -2.47. The number of hydrogen-bond acceptors (Lipinski definition) is 5. The van der Waals surface area contributed by atoms with Gasteiger partial charge in [0.2, 0.25) is 0 Å². The topological polar surface area (TPSA) is 76.2 Å². The number of rotatable bonds is 3. The van der Waals surface area contributed by atoms with Gasteiger partial charge in [-0.25, -0.2) is 4.68 Å². The van der Waals surface area contributed by atoms with Crippen LogP contribution in [0.2, 0.25) is 0 Å². The number of nitrogens with zero attached hydrogens (tertiary/aromatic N) is 4. The lowest BCUT2D eigenvalue weighted by Crippen LogP contribution is -2.47. The Morgan fingerprint density at radius 1 is 1.31 bits per heavy atom. The van der Waals surface area contributed by atoms with Gasteiger partial charge < -0.3 is 14.7 Å². The van der Waals surface area contributed by atoms with E-state index in [-0.39, 0.29) is 30.0 Å². The average Bonchev–Trinajstić information content (AvgIpc) is 3.31. The number of halogens is 3. The highest BCUT2D eigenvalue weighted by Gasteiger charge is 2.47. The minimum absolute atomic E-state index is 0.0522. The zero-order chi connectivity index (χ0) is 20.8. The minimum atomic E-state index is -4.35. The molecule has 2 aromatic rings. The van der Waals surface area contributed by atoms with Crippen molar-refractivity contribution >= 4 is 11.7 Å². The summed E-state index contributed by atoms with van der Waals surface area (Å²) in [5.74, 6) is 0.927. The third kappa shape index (κ3) is 3.84. The number of hydrogen-bond donors (Lipinski definition) is 1. The number of anilines is 1. The second-order valence-electron chi connectivity index (χ2n) is 7.82. The molecule has 2 aromatic heterocycles. The maximum absolute atomic E-state index is 13.6. The van der Waals surface area contributed by atoms with Gasteiger partial charge in [-0.15, -0.1) is 0 Å². The summed E-state index contributed by atoms with van der Waals surface area (Å²) in [6, 6.07) is 1.37. The highest BCUT2D eigenvalue weighted by molar-refractivity contribution is 5.92. The van der Waals surface area contributed by atoms with Crippen LogP contribution in [0.25, 0.3) is 0 Å². The van der Waals surface area contributed by atoms with E-state index in [0.29, 0.717) is 49.6 Å². The molecule has 1 amide bonds. The molecule has 0 aliphatic carbocycles. The zero-order valence-corrected chi connectivity index (χ0v) is 16.4. The molecule has 4 rings (SSSR count). The van der Waals surface area contributed by atoms with Gasteiger partial charge in [-0.05, 0) is 32.1 Å². The Hall–Kier alpha value is -2.52. The second-order valence-corrected chi connectivity index (χ2v) is 7.82. The van der Waals surface area contributed by atoms with Crippen LogP contribution in [0.4, 0.5) is 19.0 Å². The van der Waals surface area contributed by atoms with Crippen molar-refractivity contribution in [2.24, 2.45) is 5.92 Å². The lowest BCUT2D eigenvalue weighted by molar-refractivity contribution is -0.174. The van der Waals surface area contributed by atoms with Crippen LogP contribution in [0.3, 0.4) is 0 Å². The van der Waals surface area contributed by atoms with Crippen molar-refractivity contribution in [1.29, 1.82) is 0 Å². The molecule has 2 atom stereocenters. The molecule has 10 heteroatoms. The van der Waals surface area contributed by atoms with Crippen LogP contribution in [0.15, 0.2) is 16.7 Å². The second kappa shape index (κ2) is 7.38. The Balaban J connectivity index is 1.42. The fourth-order valence-electron chi connectivity index (χ4n) is 4.28. The van der Waals surface area contributed by atoms with Crippen molar-refractivity contribution in [2.45, 2.75) is 57.8 Å². The maximum Gasteiger partial charge on any atom is 0.410 e. The van der Waals surface area contributed by atoms with Crippen molar-refractivity contribution in [3.05, 3.63) is 29.3 Å². The molecule has 0 aromatic carbocycles. The van der Waals surface area contributed by atoms with Crippen molar-refractivity contribution < 1.29 is 22.5 Å². The highest BCUT2D eigenvalue weighted by atomic mass is 19.4. The highest BCUT2D eigenvalue weighted by Crippen LogP contribution is 2.42. The maximum atomic E-state index is 13.6. The number of piperidine rings is 1. The molecule has 0 radical (unpaired) electrons. The molecule has 158 valence electrons. The Bertz CT molecular complexity index is 883. The molecule has 2 aliphatic heterocycles. The van der Waals surface area contributed by atoms with Crippen LogP contribution < -0.4 is 5.32 Å². The van der Waals surface area contributed by atoms with Crippen LogP contribution in [-0.2, 0) is 6.42 Å². The zero-order valence-electron chi connectivity index (χ0n) is 16.4. The molecular formula is C19H24F3N5O2. The Labute approximate surface area is 166 Å². The van der Waals surface area contributed by atoms with E-state index in [2.05, 4.69) is 15.6 Å². The van der Waals surface area contributed by atoms with Gasteiger partial charge in [-0.2, -0.15) is 18.3 Å². The monoisotopic (exact) mass is 411 g/mol. The van der Waals surface area contributed by atoms with E-state index in [1.54, 1.807) is 24.0 Å². The van der Waals surface area contributed by atoms with Gasteiger partial charge in [-0.1, -0.05) is 12.1 Å². The van der Waals surface area contributed by atoms with Crippen LogP contribution in [0.1, 0.15) is 54.2 Å². The molecule has 0 spiro atoms. The molecule has 0 saturated carbocycles. The number of amides is 1. The predicted octanol–water partition coefficient (Wildman–Crippen LogP) is 3.58. The molecular weight excluding hydrogens is 387 g/mol. The largest absolute Gasteiger partial charge is 0.410 e. The van der Waals surface area contributed by atoms with E-state index in [1.165, 1.54) is 0 Å². The van der Waals surface area contributed by atoms with E-state index in [9.17, 15) is 18.0 Å². The van der Waals surface area contributed by atoms with Crippen molar-refractivity contribution in [1.82, 2.24) is 19.8 Å². The molecule has 29 heavy (non-hydrogen) atoms. The van der Waals surface area contributed by atoms with E-state index in [4.69, 9.17) is 4.52 Å². The van der Waals surface area contributed by atoms with E-state index in [0.717, 1.165) is 4.68 Å². The number of aromatic nitrogens is 3. The number of aryl methyl sites for hydroxylation is 2. The number of likely N-dealkylation sites (tertiary alicyclic amines) is 1. The standard InChI is InChI=1S/C19H24F3N5O2/c1-3-13-9-15(25-29-13)18(28)26-6-4-12(5-7-26)14-10-16(19(20,21)22)27-17(23-14)8-11(2)24-27/h8-9,12,14,16,23H,3-7,10H2,1-2H3/t14-,16+/m0/s1. The van der Waals surface area contributed by atoms with Crippen molar-refractivity contribution in [3.63, 3.8) is 0 Å². The van der Waals surface area contributed by atoms with Gasteiger partial charge >= 0.3 is 6.18 Å². The lowest BCUT2D eigenvalue weighted by atomic mass is 9.84. The summed E-state index contributed by atoms with van der Waals surface area (Å²) in [7, 11) is 0. The van der Waals surface area contributed by atoms with Gasteiger partial charge in [0.1, 0.15) is 11.6 Å². The molecule has 7 nitrogen and oxygen atoms in total. The van der Waals surface area contributed by atoms with Gasteiger partial charge in [0.25, 0.3) is 5.91 Å². The summed E-state index contributed by atoms with van der Waals surface area (Å²) in [6.45, 7) is 4.59. The summed E-state index contributed by atoms with van der Waals surface area (Å²) in [4.78, 5) is 14.3. The first-order chi connectivity index (χ1) is 13.8. The van der Waals surface area contributed by atoms with Gasteiger partial charge in [0.05, 0.1) is 5.69 Å². The molecule has 2 aliphatic rings. The van der Waals surface area contributed by atoms with Crippen LogP contribution in [0, 0.1) is 12.8 Å². The van der Waals surface area contributed by atoms with E-state index < -0.39 is 12.2 Å². The molecule has 1 saturated heterocycles. The van der Waals surface area contributed by atoms with Crippen molar-refractivity contribution in [3.8, 4) is 0 Å². The Morgan fingerprint density at radius 3 is 2.66 bits per heavy atom. The van der Waals surface area contributed by atoms with Crippen LogP contribution in [-0.4, -0.2) is 51.1 Å². The third-order valence-electron chi connectivity index (χ3n) is 5.86. The predicted molar refractivity (Wildman–Crippen MR) is 98.6 cm³/mol. The van der Waals surface area contributed by atoms with Gasteiger partial charge in [-0.3, -0.25) is 4.79 Å². The fraction of sp³-hybridized carbons (Fsp3) is 0.632. The summed E-state index contributed by atoms with van der Waals surface area (Å²) in [5, 5.41) is 11.1. The SMILES string of the molecule is CCc1cc(C(=O)N2CCC([C@@H]3C[C@H](C(F)(F)F)n4nc(C)cc4N3)CC2)no1.